The fourth-order valence-electron chi connectivity index (χ4n) is 1.83. The lowest BCUT2D eigenvalue weighted by atomic mass is 10.2. The van der Waals surface area contributed by atoms with Crippen LogP contribution in [0.3, 0.4) is 0 Å². The predicted octanol–water partition coefficient (Wildman–Crippen LogP) is 1.80. The van der Waals surface area contributed by atoms with Crippen LogP contribution in [0.15, 0.2) is 45.6 Å². The molecule has 0 amide bonds. The number of hydrogen-bond donors (Lipinski definition) is 1. The lowest BCUT2D eigenvalue weighted by Gasteiger charge is -2.04. The lowest BCUT2D eigenvalue weighted by molar-refractivity contribution is -0.401. The number of fused-ring (bicyclic) bond motifs is 1. The molecule has 0 spiro atoms. The van der Waals surface area contributed by atoms with E-state index in [9.17, 15) is 20.1 Å². The van der Waals surface area contributed by atoms with Crippen molar-refractivity contribution in [1.29, 1.82) is 0 Å². The first-order valence-corrected chi connectivity index (χ1v) is 5.53. The van der Waals surface area contributed by atoms with Crippen molar-refractivity contribution in [2.24, 2.45) is 0 Å². The van der Waals surface area contributed by atoms with Gasteiger partial charge in [0, 0.05) is 0 Å². The summed E-state index contributed by atoms with van der Waals surface area (Å²) < 4.78 is 5.24. The van der Waals surface area contributed by atoms with Crippen molar-refractivity contribution in [3.63, 3.8) is 0 Å². The molecule has 0 aliphatic rings. The van der Waals surface area contributed by atoms with Gasteiger partial charge >= 0.3 is 5.88 Å². The smallest absolute Gasteiger partial charge is 0.423 e. The standard InChI is InChI=1S/C12H7N3O5/c16-12-7-3-1-2-4-8(7)13-11(14(12)17)9-5-6-10(20-9)15(18)19/h1-6,17H. The van der Waals surface area contributed by atoms with Crippen molar-refractivity contribution in [3.05, 3.63) is 56.9 Å². The van der Waals surface area contributed by atoms with Crippen molar-refractivity contribution in [3.8, 4) is 11.6 Å². The van der Waals surface area contributed by atoms with Gasteiger partial charge in [0.2, 0.25) is 5.82 Å². The summed E-state index contributed by atoms with van der Waals surface area (Å²) in [6.45, 7) is 0. The second kappa shape index (κ2) is 4.19. The van der Waals surface area contributed by atoms with Crippen LogP contribution in [0.5, 0.6) is 0 Å². The van der Waals surface area contributed by atoms with Gasteiger partial charge in [-0.15, -0.1) is 4.73 Å². The summed E-state index contributed by atoms with van der Waals surface area (Å²) in [6.07, 6.45) is 0. The third kappa shape index (κ3) is 1.70. The predicted molar refractivity (Wildman–Crippen MR) is 67.5 cm³/mol. The topological polar surface area (TPSA) is 111 Å². The third-order valence-electron chi connectivity index (χ3n) is 2.75. The van der Waals surface area contributed by atoms with Crippen LogP contribution in [0.1, 0.15) is 0 Å². The fraction of sp³-hybridized carbons (Fsp3) is 0. The highest BCUT2D eigenvalue weighted by atomic mass is 16.6. The maximum absolute atomic E-state index is 12.0. The van der Waals surface area contributed by atoms with E-state index in [2.05, 4.69) is 4.98 Å². The molecule has 0 unspecified atom stereocenters. The second-order valence-corrected chi connectivity index (χ2v) is 3.96. The van der Waals surface area contributed by atoms with Gasteiger partial charge in [0.15, 0.2) is 5.76 Å². The summed E-state index contributed by atoms with van der Waals surface area (Å²) in [5, 5.41) is 20.6. The molecule has 100 valence electrons. The summed E-state index contributed by atoms with van der Waals surface area (Å²) in [5.41, 5.74) is -0.318. The number of para-hydroxylation sites is 1. The Hall–Kier alpha value is -3.16. The van der Waals surface area contributed by atoms with Gasteiger partial charge in [0.05, 0.1) is 17.0 Å². The molecule has 0 radical (unpaired) electrons. The van der Waals surface area contributed by atoms with Crippen LogP contribution in [-0.4, -0.2) is 19.8 Å². The monoisotopic (exact) mass is 273 g/mol. The van der Waals surface area contributed by atoms with E-state index in [-0.39, 0.29) is 17.0 Å². The molecular formula is C12H7N3O5. The highest BCUT2D eigenvalue weighted by Gasteiger charge is 2.18. The van der Waals surface area contributed by atoms with E-state index in [0.29, 0.717) is 10.2 Å². The molecule has 0 atom stereocenters. The molecule has 0 aliphatic heterocycles. The van der Waals surface area contributed by atoms with Crippen LogP contribution in [0.25, 0.3) is 22.5 Å². The zero-order chi connectivity index (χ0) is 14.3. The Morgan fingerprint density at radius 3 is 2.70 bits per heavy atom. The molecular weight excluding hydrogens is 266 g/mol. The Labute approximate surface area is 110 Å². The van der Waals surface area contributed by atoms with E-state index in [1.165, 1.54) is 12.1 Å². The number of hydrogen-bond acceptors (Lipinski definition) is 6. The van der Waals surface area contributed by atoms with Gasteiger partial charge in [-0.2, -0.15) is 0 Å². The minimum atomic E-state index is -0.718. The van der Waals surface area contributed by atoms with E-state index in [1.54, 1.807) is 18.2 Å². The lowest BCUT2D eigenvalue weighted by Crippen LogP contribution is -2.20. The number of aromatic nitrogens is 2. The van der Waals surface area contributed by atoms with E-state index >= 15 is 0 Å². The van der Waals surface area contributed by atoms with E-state index in [1.807, 2.05) is 0 Å². The van der Waals surface area contributed by atoms with Gasteiger partial charge in [-0.3, -0.25) is 14.9 Å². The summed E-state index contributed by atoms with van der Waals surface area (Å²) in [4.78, 5) is 25.9. The van der Waals surface area contributed by atoms with Gasteiger partial charge in [0.25, 0.3) is 5.56 Å². The molecule has 3 aromatic rings. The molecule has 2 heterocycles. The van der Waals surface area contributed by atoms with Gasteiger partial charge in [-0.25, -0.2) is 4.98 Å². The van der Waals surface area contributed by atoms with Gasteiger partial charge in [-0.05, 0) is 18.2 Å². The third-order valence-corrected chi connectivity index (χ3v) is 2.75. The average molecular weight is 273 g/mol. The number of rotatable bonds is 2. The Kier molecular flexibility index (Phi) is 2.50. The Balaban J connectivity index is 2.28. The van der Waals surface area contributed by atoms with Crippen LogP contribution >= 0.6 is 0 Å². The number of benzene rings is 1. The summed E-state index contributed by atoms with van der Waals surface area (Å²) in [7, 11) is 0. The average Bonchev–Trinajstić information content (AvgIpc) is 2.92. The number of furan rings is 1. The first-order chi connectivity index (χ1) is 9.58. The molecule has 0 aliphatic carbocycles. The molecule has 0 bridgehead atoms. The molecule has 0 fully saturated rings. The maximum atomic E-state index is 12.0. The van der Waals surface area contributed by atoms with Crippen LogP contribution < -0.4 is 5.56 Å². The van der Waals surface area contributed by atoms with Crippen LogP contribution in [-0.2, 0) is 0 Å². The van der Waals surface area contributed by atoms with Crippen molar-refractivity contribution >= 4 is 16.8 Å². The molecule has 8 heteroatoms. The molecule has 0 saturated heterocycles. The van der Waals surface area contributed by atoms with E-state index < -0.39 is 16.4 Å². The molecule has 3 rings (SSSR count). The number of nitro groups is 1. The van der Waals surface area contributed by atoms with Gasteiger partial charge in [-0.1, -0.05) is 12.1 Å². The highest BCUT2D eigenvalue weighted by molar-refractivity contribution is 5.79. The van der Waals surface area contributed by atoms with Gasteiger partial charge in [0.1, 0.15) is 4.92 Å². The largest absolute Gasteiger partial charge is 0.433 e. The minimum absolute atomic E-state index is 0.0675. The fourth-order valence-corrected chi connectivity index (χ4v) is 1.83. The van der Waals surface area contributed by atoms with E-state index in [4.69, 9.17) is 4.42 Å². The SMILES string of the molecule is O=c1c2ccccc2nc(-c2ccc([N+](=O)[O-])o2)n1O. The molecule has 0 saturated carbocycles. The molecule has 8 nitrogen and oxygen atoms in total. The van der Waals surface area contributed by atoms with Crippen LogP contribution in [0.4, 0.5) is 5.88 Å². The summed E-state index contributed by atoms with van der Waals surface area (Å²) >= 11 is 0. The summed E-state index contributed by atoms with van der Waals surface area (Å²) in [6, 6.07) is 8.83. The molecule has 20 heavy (non-hydrogen) atoms. The Bertz CT molecular complexity index is 880. The second-order valence-electron chi connectivity index (χ2n) is 3.96. The van der Waals surface area contributed by atoms with Crippen molar-refractivity contribution in [1.82, 2.24) is 9.71 Å². The molecule has 1 N–H and O–H groups in total. The molecule has 2 aromatic heterocycles. The Morgan fingerprint density at radius 1 is 1.25 bits per heavy atom. The zero-order valence-corrected chi connectivity index (χ0v) is 9.89. The first-order valence-electron chi connectivity index (χ1n) is 5.53. The van der Waals surface area contributed by atoms with Crippen molar-refractivity contribution in [2.75, 3.05) is 0 Å². The van der Waals surface area contributed by atoms with Gasteiger partial charge < -0.3 is 9.62 Å². The quantitative estimate of drug-likeness (QED) is 0.433. The molecule has 1 aromatic carbocycles. The number of nitrogens with zero attached hydrogens (tertiary/aromatic N) is 3. The highest BCUT2D eigenvalue weighted by Crippen LogP contribution is 2.24. The minimum Gasteiger partial charge on any atom is -0.423 e. The summed E-state index contributed by atoms with van der Waals surface area (Å²) in [5.74, 6) is -0.758. The normalized spacial score (nSPS) is 10.8. The van der Waals surface area contributed by atoms with Crippen LogP contribution in [0, 0.1) is 10.1 Å². The maximum Gasteiger partial charge on any atom is 0.433 e. The first kappa shape index (κ1) is 11.9. The van der Waals surface area contributed by atoms with E-state index in [0.717, 1.165) is 6.07 Å². The van der Waals surface area contributed by atoms with Crippen molar-refractivity contribution < 1.29 is 14.5 Å². The Morgan fingerprint density at radius 2 is 2.00 bits per heavy atom. The zero-order valence-electron chi connectivity index (χ0n) is 9.89. The van der Waals surface area contributed by atoms with Crippen LogP contribution in [0.2, 0.25) is 0 Å². The van der Waals surface area contributed by atoms with Crippen molar-refractivity contribution in [2.45, 2.75) is 0 Å².